The van der Waals surface area contributed by atoms with Crippen LogP contribution in [0.1, 0.15) is 19.4 Å². The molecule has 0 fully saturated rings. The van der Waals surface area contributed by atoms with Gasteiger partial charge in [0.25, 0.3) is 0 Å². The number of amides is 3. The van der Waals surface area contributed by atoms with Crippen molar-refractivity contribution in [2.24, 2.45) is 0 Å². The van der Waals surface area contributed by atoms with Gasteiger partial charge in [0.1, 0.15) is 5.82 Å². The van der Waals surface area contributed by atoms with Crippen molar-refractivity contribution in [1.29, 1.82) is 0 Å². The molecule has 0 radical (unpaired) electrons. The molecule has 0 saturated carbocycles. The van der Waals surface area contributed by atoms with Gasteiger partial charge in [-0.3, -0.25) is 4.79 Å². The molecule has 0 aliphatic heterocycles. The van der Waals surface area contributed by atoms with Crippen LogP contribution >= 0.6 is 0 Å². The van der Waals surface area contributed by atoms with E-state index in [1.54, 1.807) is 17.0 Å². The van der Waals surface area contributed by atoms with Gasteiger partial charge < -0.3 is 15.5 Å². The number of hydrogen-bond donors (Lipinski definition) is 2. The normalized spacial score (nSPS) is 9.95. The maximum atomic E-state index is 12.7. The quantitative estimate of drug-likeness (QED) is 0.757. The summed E-state index contributed by atoms with van der Waals surface area (Å²) >= 11 is 0. The van der Waals surface area contributed by atoms with E-state index in [0.29, 0.717) is 13.1 Å². The predicted molar refractivity (Wildman–Crippen MR) is 83.7 cm³/mol. The molecule has 0 atom stereocenters. The number of likely N-dealkylation sites (N-methyl/N-ethyl adjacent to an activating group) is 1. The minimum Gasteiger partial charge on any atom is -0.337 e. The second kappa shape index (κ2) is 8.81. The summed E-state index contributed by atoms with van der Waals surface area (Å²) in [5, 5.41) is 5.12. The second-order valence-corrected chi connectivity index (χ2v) is 5.03. The van der Waals surface area contributed by atoms with Crippen LogP contribution in [0.25, 0.3) is 0 Å². The molecule has 1 aromatic carbocycles. The second-order valence-electron chi connectivity index (χ2n) is 5.03. The van der Waals surface area contributed by atoms with E-state index in [-0.39, 0.29) is 24.8 Å². The Hall–Kier alpha value is -2.37. The van der Waals surface area contributed by atoms with Crippen LogP contribution in [0.5, 0.6) is 0 Å². The van der Waals surface area contributed by atoms with Crippen LogP contribution in [-0.4, -0.2) is 36.5 Å². The molecule has 0 saturated heterocycles. The summed E-state index contributed by atoms with van der Waals surface area (Å²) in [6.07, 6.45) is 0. The lowest BCUT2D eigenvalue weighted by Crippen LogP contribution is -2.44. The molecule has 0 aromatic heterocycles. The van der Waals surface area contributed by atoms with Crippen molar-refractivity contribution < 1.29 is 14.0 Å². The zero-order valence-corrected chi connectivity index (χ0v) is 13.0. The number of nitrogens with zero attached hydrogens (tertiary/aromatic N) is 1. The predicted octanol–water partition coefficient (Wildman–Crippen LogP) is 2.05. The van der Waals surface area contributed by atoms with Crippen LogP contribution in [0.15, 0.2) is 36.4 Å². The van der Waals surface area contributed by atoms with Crippen LogP contribution in [0.4, 0.5) is 9.18 Å². The standard InChI is InChI=1S/C16H22FN3O2/c1-4-20(11-12(2)3)15(21)10-19-16(22)18-9-13-5-7-14(17)8-6-13/h5-8H,2,4,9-11H2,1,3H3,(H2,18,19,22). The highest BCUT2D eigenvalue weighted by Crippen LogP contribution is 2.01. The van der Waals surface area contributed by atoms with E-state index in [1.165, 1.54) is 12.1 Å². The molecule has 0 bridgehead atoms. The molecule has 3 amide bonds. The third-order valence-electron chi connectivity index (χ3n) is 2.96. The summed E-state index contributed by atoms with van der Waals surface area (Å²) < 4.78 is 12.7. The van der Waals surface area contributed by atoms with Gasteiger partial charge >= 0.3 is 6.03 Å². The molecule has 22 heavy (non-hydrogen) atoms. The first kappa shape index (κ1) is 17.7. The van der Waals surface area contributed by atoms with Gasteiger partial charge in [0.05, 0.1) is 6.54 Å². The highest BCUT2D eigenvalue weighted by molar-refractivity contribution is 5.84. The Morgan fingerprint density at radius 3 is 2.41 bits per heavy atom. The van der Waals surface area contributed by atoms with Crippen LogP contribution in [0, 0.1) is 5.82 Å². The monoisotopic (exact) mass is 307 g/mol. The molecule has 5 nitrogen and oxygen atoms in total. The van der Waals surface area contributed by atoms with Crippen molar-refractivity contribution >= 4 is 11.9 Å². The number of carbonyl (C=O) groups is 2. The first-order valence-electron chi connectivity index (χ1n) is 7.10. The fraction of sp³-hybridized carbons (Fsp3) is 0.375. The molecular weight excluding hydrogens is 285 g/mol. The lowest BCUT2D eigenvalue weighted by Gasteiger charge is -2.21. The van der Waals surface area contributed by atoms with Crippen LogP contribution in [0.3, 0.4) is 0 Å². The third kappa shape index (κ3) is 6.39. The zero-order chi connectivity index (χ0) is 16.5. The first-order valence-corrected chi connectivity index (χ1v) is 7.10. The fourth-order valence-electron chi connectivity index (χ4n) is 1.82. The number of nitrogens with one attached hydrogen (secondary N) is 2. The highest BCUT2D eigenvalue weighted by atomic mass is 19.1. The summed E-state index contributed by atoms with van der Waals surface area (Å²) in [5.41, 5.74) is 1.66. The SMILES string of the molecule is C=C(C)CN(CC)C(=O)CNC(=O)NCc1ccc(F)cc1. The number of halogens is 1. The van der Waals surface area contributed by atoms with Gasteiger partial charge in [0, 0.05) is 19.6 Å². The third-order valence-corrected chi connectivity index (χ3v) is 2.96. The van der Waals surface area contributed by atoms with E-state index in [9.17, 15) is 14.0 Å². The molecular formula is C16H22FN3O2. The molecule has 1 aromatic rings. The summed E-state index contributed by atoms with van der Waals surface area (Å²) in [4.78, 5) is 25.2. The maximum absolute atomic E-state index is 12.7. The fourth-order valence-corrected chi connectivity index (χ4v) is 1.82. The van der Waals surface area contributed by atoms with Gasteiger partial charge in [-0.05, 0) is 31.5 Å². The topological polar surface area (TPSA) is 61.4 Å². The maximum Gasteiger partial charge on any atom is 0.315 e. The van der Waals surface area contributed by atoms with Crippen molar-refractivity contribution in [3.05, 3.63) is 47.8 Å². The lowest BCUT2D eigenvalue weighted by atomic mass is 10.2. The summed E-state index contributed by atoms with van der Waals surface area (Å²) in [5.74, 6) is -0.488. The molecule has 2 N–H and O–H groups in total. The number of rotatable bonds is 7. The van der Waals surface area contributed by atoms with E-state index in [2.05, 4.69) is 17.2 Å². The molecule has 0 aliphatic carbocycles. The zero-order valence-electron chi connectivity index (χ0n) is 13.0. The summed E-state index contributed by atoms with van der Waals surface area (Å²) in [7, 11) is 0. The van der Waals surface area contributed by atoms with E-state index < -0.39 is 6.03 Å². The van der Waals surface area contributed by atoms with Gasteiger partial charge in [0.2, 0.25) is 5.91 Å². The molecule has 0 heterocycles. The van der Waals surface area contributed by atoms with E-state index >= 15 is 0 Å². The average Bonchev–Trinajstić information content (AvgIpc) is 2.49. The molecule has 0 spiro atoms. The number of benzene rings is 1. The van der Waals surface area contributed by atoms with Crippen LogP contribution < -0.4 is 10.6 Å². The van der Waals surface area contributed by atoms with Crippen molar-refractivity contribution in [2.45, 2.75) is 20.4 Å². The van der Waals surface area contributed by atoms with E-state index in [0.717, 1.165) is 11.1 Å². The lowest BCUT2D eigenvalue weighted by molar-refractivity contribution is -0.129. The highest BCUT2D eigenvalue weighted by Gasteiger charge is 2.12. The number of carbonyl (C=O) groups excluding carboxylic acids is 2. The van der Waals surface area contributed by atoms with Crippen LogP contribution in [0.2, 0.25) is 0 Å². The Morgan fingerprint density at radius 2 is 1.86 bits per heavy atom. The summed E-state index contributed by atoms with van der Waals surface area (Å²) in [6, 6.07) is 5.40. The Labute approximate surface area is 130 Å². The van der Waals surface area contributed by atoms with Crippen molar-refractivity contribution in [3.63, 3.8) is 0 Å². The Kier molecular flexibility index (Phi) is 7.08. The van der Waals surface area contributed by atoms with Gasteiger partial charge in [-0.2, -0.15) is 0 Å². The van der Waals surface area contributed by atoms with Crippen molar-refractivity contribution in [1.82, 2.24) is 15.5 Å². The number of urea groups is 1. The first-order chi connectivity index (χ1) is 10.4. The largest absolute Gasteiger partial charge is 0.337 e. The van der Waals surface area contributed by atoms with Gasteiger partial charge in [-0.1, -0.05) is 24.3 Å². The minimum absolute atomic E-state index is 0.0730. The molecule has 6 heteroatoms. The van der Waals surface area contributed by atoms with Crippen molar-refractivity contribution in [3.8, 4) is 0 Å². The Bertz CT molecular complexity index is 529. The molecule has 1 rings (SSSR count). The van der Waals surface area contributed by atoms with E-state index in [1.807, 2.05) is 13.8 Å². The molecule has 120 valence electrons. The van der Waals surface area contributed by atoms with Gasteiger partial charge in [0.15, 0.2) is 0 Å². The van der Waals surface area contributed by atoms with Crippen molar-refractivity contribution in [2.75, 3.05) is 19.6 Å². The van der Waals surface area contributed by atoms with Gasteiger partial charge in [-0.25, -0.2) is 9.18 Å². The smallest absolute Gasteiger partial charge is 0.315 e. The summed E-state index contributed by atoms with van der Waals surface area (Å²) in [6.45, 7) is 8.72. The van der Waals surface area contributed by atoms with Crippen LogP contribution in [-0.2, 0) is 11.3 Å². The average molecular weight is 307 g/mol. The Morgan fingerprint density at radius 1 is 1.23 bits per heavy atom. The Balaban J connectivity index is 2.34. The minimum atomic E-state index is -0.441. The molecule has 0 unspecified atom stereocenters. The van der Waals surface area contributed by atoms with E-state index in [4.69, 9.17) is 0 Å². The molecule has 0 aliphatic rings. The number of hydrogen-bond acceptors (Lipinski definition) is 2. The van der Waals surface area contributed by atoms with Gasteiger partial charge in [-0.15, -0.1) is 0 Å².